The van der Waals surface area contributed by atoms with Crippen LogP contribution in [0.15, 0.2) is 30.3 Å². The molecule has 0 saturated heterocycles. The molecule has 2 aromatic rings. The third kappa shape index (κ3) is 1.96. The van der Waals surface area contributed by atoms with Crippen LogP contribution in [0.3, 0.4) is 0 Å². The zero-order valence-corrected chi connectivity index (χ0v) is 9.36. The Bertz CT molecular complexity index is 537. The van der Waals surface area contributed by atoms with Crippen LogP contribution in [0.4, 0.5) is 0 Å². The Hall–Kier alpha value is -2.08. The van der Waals surface area contributed by atoms with E-state index in [0.717, 1.165) is 11.0 Å². The van der Waals surface area contributed by atoms with Crippen LogP contribution in [0.2, 0.25) is 0 Å². The number of allylic oxidation sites excluding steroid dienone is 2. The van der Waals surface area contributed by atoms with Crippen molar-refractivity contribution in [2.24, 2.45) is 5.92 Å². The summed E-state index contributed by atoms with van der Waals surface area (Å²) in [5.74, 6) is 0.986. The second kappa shape index (κ2) is 4.19. The van der Waals surface area contributed by atoms with Gasteiger partial charge in [-0.25, -0.2) is 4.98 Å². The highest BCUT2D eigenvalue weighted by Crippen LogP contribution is 2.17. The van der Waals surface area contributed by atoms with E-state index in [1.807, 2.05) is 44.2 Å². The number of fused-ring (bicyclic) bond motifs is 1. The number of nitrogens with zero attached hydrogens (tertiary/aromatic N) is 2. The van der Waals surface area contributed by atoms with Crippen LogP contribution in [0.1, 0.15) is 19.7 Å². The number of imidazole rings is 1. The third-order valence-electron chi connectivity index (χ3n) is 2.26. The predicted molar refractivity (Wildman–Crippen MR) is 64.5 cm³/mol. The Balaban J connectivity index is 2.51. The molecule has 16 heavy (non-hydrogen) atoms. The Morgan fingerprint density at radius 2 is 2.19 bits per heavy atom. The van der Waals surface area contributed by atoms with E-state index in [2.05, 4.69) is 16.0 Å². The van der Waals surface area contributed by atoms with E-state index in [4.69, 9.17) is 5.26 Å². The molecule has 0 spiro atoms. The first-order valence-corrected chi connectivity index (χ1v) is 5.27. The van der Waals surface area contributed by atoms with Crippen LogP contribution in [0.5, 0.6) is 0 Å². The van der Waals surface area contributed by atoms with E-state index in [9.17, 15) is 0 Å². The monoisotopic (exact) mass is 211 g/mol. The molecule has 1 N–H and O–H groups in total. The molecule has 0 atom stereocenters. The maximum Gasteiger partial charge on any atom is 0.148 e. The highest BCUT2D eigenvalue weighted by Gasteiger charge is 2.07. The van der Waals surface area contributed by atoms with Gasteiger partial charge >= 0.3 is 0 Å². The molecule has 0 unspecified atom stereocenters. The van der Waals surface area contributed by atoms with Crippen molar-refractivity contribution in [3.05, 3.63) is 36.2 Å². The average molecular weight is 211 g/mol. The number of para-hydroxylation sites is 2. The predicted octanol–water partition coefficient (Wildman–Crippen LogP) is 3.13. The van der Waals surface area contributed by atoms with Gasteiger partial charge < -0.3 is 4.98 Å². The van der Waals surface area contributed by atoms with Crippen LogP contribution >= 0.6 is 0 Å². The first kappa shape index (κ1) is 10.4. The van der Waals surface area contributed by atoms with Gasteiger partial charge in [0, 0.05) is 0 Å². The van der Waals surface area contributed by atoms with E-state index in [-0.39, 0.29) is 0 Å². The maximum absolute atomic E-state index is 9.08. The third-order valence-corrected chi connectivity index (χ3v) is 2.26. The number of hydrogen-bond acceptors (Lipinski definition) is 2. The molecule has 0 aliphatic carbocycles. The fraction of sp³-hybridized carbons (Fsp3) is 0.231. The number of nitrogens with one attached hydrogen (secondary N) is 1. The fourth-order valence-electron chi connectivity index (χ4n) is 1.58. The second-order valence-corrected chi connectivity index (χ2v) is 4.04. The number of aromatic amines is 1. The van der Waals surface area contributed by atoms with E-state index in [0.29, 0.717) is 17.3 Å². The summed E-state index contributed by atoms with van der Waals surface area (Å²) >= 11 is 0. The number of H-pyrrole nitrogens is 1. The number of nitriles is 1. The lowest BCUT2D eigenvalue weighted by atomic mass is 10.1. The first-order valence-electron chi connectivity index (χ1n) is 5.27. The smallest absolute Gasteiger partial charge is 0.148 e. The van der Waals surface area contributed by atoms with Gasteiger partial charge in [0.15, 0.2) is 0 Å². The fourth-order valence-corrected chi connectivity index (χ4v) is 1.58. The van der Waals surface area contributed by atoms with Crippen LogP contribution < -0.4 is 0 Å². The van der Waals surface area contributed by atoms with Crippen molar-refractivity contribution in [1.82, 2.24) is 9.97 Å². The van der Waals surface area contributed by atoms with Crippen molar-refractivity contribution >= 4 is 16.6 Å². The van der Waals surface area contributed by atoms with Crippen LogP contribution in [-0.2, 0) is 0 Å². The minimum atomic E-state index is 0.336. The van der Waals surface area contributed by atoms with Crippen LogP contribution in [0.25, 0.3) is 16.6 Å². The minimum absolute atomic E-state index is 0.336. The molecule has 1 aromatic heterocycles. The summed E-state index contributed by atoms with van der Waals surface area (Å²) in [5, 5.41) is 9.08. The summed E-state index contributed by atoms with van der Waals surface area (Å²) < 4.78 is 0. The summed E-state index contributed by atoms with van der Waals surface area (Å²) in [6.07, 6.45) is 1.91. The second-order valence-electron chi connectivity index (χ2n) is 4.04. The molecule has 0 radical (unpaired) electrons. The number of aromatic nitrogens is 2. The number of hydrogen-bond donors (Lipinski definition) is 1. The molecule has 1 heterocycles. The highest BCUT2D eigenvalue weighted by atomic mass is 14.9. The Labute approximate surface area is 94.4 Å². The van der Waals surface area contributed by atoms with Crippen LogP contribution in [-0.4, -0.2) is 9.97 Å². The minimum Gasteiger partial charge on any atom is -0.337 e. The van der Waals surface area contributed by atoms with Gasteiger partial charge in [0.1, 0.15) is 11.9 Å². The quantitative estimate of drug-likeness (QED) is 0.776. The molecule has 2 rings (SSSR count). The summed E-state index contributed by atoms with van der Waals surface area (Å²) in [5.41, 5.74) is 2.45. The van der Waals surface area contributed by atoms with Crippen LogP contribution in [0, 0.1) is 17.2 Å². The molecule has 0 aliphatic heterocycles. The Morgan fingerprint density at radius 1 is 1.44 bits per heavy atom. The zero-order chi connectivity index (χ0) is 11.5. The van der Waals surface area contributed by atoms with E-state index in [1.165, 1.54) is 0 Å². The van der Waals surface area contributed by atoms with Gasteiger partial charge in [-0.1, -0.05) is 32.1 Å². The van der Waals surface area contributed by atoms with Gasteiger partial charge in [0.05, 0.1) is 16.6 Å². The molecular formula is C13H13N3. The van der Waals surface area contributed by atoms with Crippen molar-refractivity contribution in [3.63, 3.8) is 0 Å². The lowest BCUT2D eigenvalue weighted by Crippen LogP contribution is -1.88. The van der Waals surface area contributed by atoms with Gasteiger partial charge in [-0.05, 0) is 18.1 Å². The normalized spacial score (nSPS) is 12.0. The molecule has 0 saturated carbocycles. The molecule has 0 amide bonds. The van der Waals surface area contributed by atoms with Crippen molar-refractivity contribution in [2.45, 2.75) is 13.8 Å². The lowest BCUT2D eigenvalue weighted by molar-refractivity contribution is 0.833. The zero-order valence-electron chi connectivity index (χ0n) is 9.36. The number of rotatable bonds is 2. The van der Waals surface area contributed by atoms with Gasteiger partial charge in [-0.3, -0.25) is 0 Å². The summed E-state index contributed by atoms with van der Waals surface area (Å²) in [7, 11) is 0. The first-order chi connectivity index (χ1) is 7.70. The van der Waals surface area contributed by atoms with Crippen molar-refractivity contribution in [1.29, 1.82) is 5.26 Å². The maximum atomic E-state index is 9.08. The molecule has 3 nitrogen and oxygen atoms in total. The molecule has 1 aromatic carbocycles. The molecule has 0 aliphatic rings. The summed E-state index contributed by atoms with van der Waals surface area (Å²) in [6.45, 7) is 4.08. The Morgan fingerprint density at radius 3 is 2.81 bits per heavy atom. The summed E-state index contributed by atoms with van der Waals surface area (Å²) in [6, 6.07) is 9.95. The number of benzene rings is 1. The molecule has 0 bridgehead atoms. The standard InChI is InChI=1S/C13H13N3/c1-9(2)7-10(8-14)13-15-11-5-3-4-6-12(11)16-13/h3-7,9H,1-2H3,(H,15,16). The van der Waals surface area contributed by atoms with Gasteiger partial charge in [-0.15, -0.1) is 0 Å². The van der Waals surface area contributed by atoms with Gasteiger partial charge in [0.25, 0.3) is 0 Å². The highest BCUT2D eigenvalue weighted by molar-refractivity contribution is 5.82. The van der Waals surface area contributed by atoms with Gasteiger partial charge in [0.2, 0.25) is 0 Å². The van der Waals surface area contributed by atoms with Crippen molar-refractivity contribution in [2.75, 3.05) is 0 Å². The van der Waals surface area contributed by atoms with Crippen molar-refractivity contribution < 1.29 is 0 Å². The van der Waals surface area contributed by atoms with Gasteiger partial charge in [-0.2, -0.15) is 5.26 Å². The molecular weight excluding hydrogens is 198 g/mol. The largest absolute Gasteiger partial charge is 0.337 e. The average Bonchev–Trinajstić information content (AvgIpc) is 2.68. The van der Waals surface area contributed by atoms with E-state index in [1.54, 1.807) is 0 Å². The van der Waals surface area contributed by atoms with E-state index >= 15 is 0 Å². The molecule has 80 valence electrons. The Kier molecular flexibility index (Phi) is 2.74. The topological polar surface area (TPSA) is 52.5 Å². The van der Waals surface area contributed by atoms with E-state index < -0.39 is 0 Å². The SMILES string of the molecule is CC(C)C=C(C#N)c1nc2ccccc2[nH]1. The summed E-state index contributed by atoms with van der Waals surface area (Å²) in [4.78, 5) is 7.54. The van der Waals surface area contributed by atoms with Crippen molar-refractivity contribution in [3.8, 4) is 6.07 Å². The molecule has 3 heteroatoms. The lowest BCUT2D eigenvalue weighted by Gasteiger charge is -1.96. The molecule has 0 fully saturated rings.